The molecule has 4 heteroatoms. The van der Waals surface area contributed by atoms with Crippen LogP contribution < -0.4 is 0 Å². The van der Waals surface area contributed by atoms with E-state index in [0.717, 1.165) is 36.7 Å². The van der Waals surface area contributed by atoms with E-state index < -0.39 is 0 Å². The van der Waals surface area contributed by atoms with E-state index in [0.29, 0.717) is 17.8 Å². The third-order valence-electron chi connectivity index (χ3n) is 5.46. The molecule has 3 heterocycles. The number of benzene rings is 1. The molecule has 0 saturated carbocycles. The van der Waals surface area contributed by atoms with Gasteiger partial charge in [0, 0.05) is 30.2 Å². The van der Waals surface area contributed by atoms with Gasteiger partial charge in [0.25, 0.3) is 5.91 Å². The summed E-state index contributed by atoms with van der Waals surface area (Å²) in [6, 6.07) is 10.9. The van der Waals surface area contributed by atoms with Crippen molar-refractivity contribution in [3.8, 4) is 0 Å². The van der Waals surface area contributed by atoms with Gasteiger partial charge in [0.05, 0.1) is 0 Å². The molecular formula is C19H23N3O. The van der Waals surface area contributed by atoms with Crippen LogP contribution in [0.1, 0.15) is 36.2 Å². The summed E-state index contributed by atoms with van der Waals surface area (Å²) in [4.78, 5) is 22.1. The first kappa shape index (κ1) is 14.6. The Bertz CT molecular complexity index is 724. The highest BCUT2D eigenvalue weighted by molar-refractivity contribution is 6.05. The van der Waals surface area contributed by atoms with Crippen LogP contribution in [0.2, 0.25) is 0 Å². The van der Waals surface area contributed by atoms with Gasteiger partial charge < -0.3 is 9.80 Å². The molecule has 120 valence electrons. The minimum Gasteiger partial charge on any atom is -0.333 e. The lowest BCUT2D eigenvalue weighted by atomic mass is 10.0. The lowest BCUT2D eigenvalue weighted by Gasteiger charge is -2.33. The molecule has 2 aromatic rings. The van der Waals surface area contributed by atoms with E-state index in [1.165, 1.54) is 12.8 Å². The zero-order chi connectivity index (χ0) is 15.8. The quantitative estimate of drug-likeness (QED) is 0.856. The molecule has 0 N–H and O–H groups in total. The zero-order valence-corrected chi connectivity index (χ0v) is 13.6. The van der Waals surface area contributed by atoms with E-state index in [2.05, 4.69) is 21.8 Å². The maximum Gasteiger partial charge on any atom is 0.273 e. The van der Waals surface area contributed by atoms with Crippen LogP contribution in [0.3, 0.4) is 0 Å². The number of fused-ring (bicyclic) bond motifs is 1. The monoisotopic (exact) mass is 309 g/mol. The highest BCUT2D eigenvalue weighted by atomic mass is 16.2. The smallest absolute Gasteiger partial charge is 0.273 e. The highest BCUT2D eigenvalue weighted by Gasteiger charge is 2.39. The molecule has 0 spiro atoms. The predicted octanol–water partition coefficient (Wildman–Crippen LogP) is 2.93. The molecule has 4 nitrogen and oxygen atoms in total. The summed E-state index contributed by atoms with van der Waals surface area (Å²) in [7, 11) is 2.19. The summed E-state index contributed by atoms with van der Waals surface area (Å²) in [6.45, 7) is 2.01. The molecule has 2 atom stereocenters. The average molecular weight is 309 g/mol. The van der Waals surface area contributed by atoms with E-state index in [1.54, 1.807) is 6.20 Å². The zero-order valence-electron chi connectivity index (χ0n) is 13.6. The van der Waals surface area contributed by atoms with Gasteiger partial charge >= 0.3 is 0 Å². The van der Waals surface area contributed by atoms with Crippen molar-refractivity contribution in [2.75, 3.05) is 20.1 Å². The van der Waals surface area contributed by atoms with Crippen molar-refractivity contribution in [3.05, 3.63) is 42.2 Å². The van der Waals surface area contributed by atoms with Crippen molar-refractivity contribution in [2.24, 2.45) is 0 Å². The molecular weight excluding hydrogens is 286 g/mol. The van der Waals surface area contributed by atoms with Crippen LogP contribution in [0, 0.1) is 0 Å². The van der Waals surface area contributed by atoms with E-state index >= 15 is 0 Å². The van der Waals surface area contributed by atoms with Crippen molar-refractivity contribution in [3.63, 3.8) is 0 Å². The van der Waals surface area contributed by atoms with Crippen molar-refractivity contribution < 1.29 is 4.79 Å². The Kier molecular flexibility index (Phi) is 3.77. The summed E-state index contributed by atoms with van der Waals surface area (Å²) in [6.07, 6.45) is 6.42. The second kappa shape index (κ2) is 5.93. The third kappa shape index (κ3) is 2.51. The Labute approximate surface area is 137 Å². The molecule has 0 bridgehead atoms. The van der Waals surface area contributed by atoms with Crippen LogP contribution in [-0.2, 0) is 0 Å². The number of carbonyl (C=O) groups is 1. The van der Waals surface area contributed by atoms with Gasteiger partial charge in [-0.15, -0.1) is 0 Å². The molecule has 1 aromatic carbocycles. The van der Waals surface area contributed by atoms with Crippen LogP contribution in [0.15, 0.2) is 36.5 Å². The van der Waals surface area contributed by atoms with Gasteiger partial charge in [-0.2, -0.15) is 0 Å². The topological polar surface area (TPSA) is 36.4 Å². The molecule has 2 unspecified atom stereocenters. The number of nitrogens with zero attached hydrogens (tertiary/aromatic N) is 3. The van der Waals surface area contributed by atoms with E-state index in [-0.39, 0.29) is 5.91 Å². The van der Waals surface area contributed by atoms with Crippen LogP contribution in [0.4, 0.5) is 0 Å². The lowest BCUT2D eigenvalue weighted by Crippen LogP contribution is -2.47. The minimum absolute atomic E-state index is 0.101. The molecule has 23 heavy (non-hydrogen) atoms. The predicted molar refractivity (Wildman–Crippen MR) is 91.5 cm³/mol. The van der Waals surface area contributed by atoms with Gasteiger partial charge in [-0.05, 0) is 50.7 Å². The van der Waals surface area contributed by atoms with Crippen molar-refractivity contribution in [2.45, 2.75) is 37.8 Å². The van der Waals surface area contributed by atoms with Gasteiger partial charge in [0.15, 0.2) is 0 Å². The van der Waals surface area contributed by atoms with Crippen molar-refractivity contribution in [1.82, 2.24) is 14.8 Å². The second-order valence-electron chi connectivity index (χ2n) is 6.78. The second-order valence-corrected chi connectivity index (χ2v) is 6.78. The Morgan fingerprint density at radius 2 is 1.87 bits per heavy atom. The highest BCUT2D eigenvalue weighted by Crippen LogP contribution is 2.30. The van der Waals surface area contributed by atoms with Crippen LogP contribution >= 0.6 is 0 Å². The third-order valence-corrected chi connectivity index (χ3v) is 5.46. The molecule has 0 aliphatic carbocycles. The maximum atomic E-state index is 13.2. The number of hydrogen-bond acceptors (Lipinski definition) is 3. The van der Waals surface area contributed by atoms with Crippen molar-refractivity contribution in [1.29, 1.82) is 0 Å². The first-order valence-corrected chi connectivity index (χ1v) is 8.60. The van der Waals surface area contributed by atoms with E-state index in [9.17, 15) is 4.79 Å². The normalized spacial score (nSPS) is 25.3. The lowest BCUT2D eigenvalue weighted by molar-refractivity contribution is 0.0661. The number of carbonyl (C=O) groups excluding carboxylic acids is 1. The maximum absolute atomic E-state index is 13.2. The van der Waals surface area contributed by atoms with Crippen molar-refractivity contribution >= 4 is 16.7 Å². The average Bonchev–Trinajstić information content (AvgIpc) is 3.22. The van der Waals surface area contributed by atoms with E-state index in [1.807, 2.05) is 30.3 Å². The summed E-state index contributed by atoms with van der Waals surface area (Å²) in [5.74, 6) is 0.101. The number of aromatic nitrogens is 1. The SMILES string of the molecule is CN1CCCC1C1CCCN1C(=O)c1nccc2ccccc12. The Hall–Kier alpha value is -1.94. The van der Waals surface area contributed by atoms with Crippen LogP contribution in [0.25, 0.3) is 10.8 Å². The number of rotatable bonds is 2. The molecule has 1 amide bonds. The van der Waals surface area contributed by atoms with Crippen LogP contribution in [0.5, 0.6) is 0 Å². The van der Waals surface area contributed by atoms with Gasteiger partial charge in [-0.25, -0.2) is 0 Å². The molecule has 2 saturated heterocycles. The number of likely N-dealkylation sites (tertiary alicyclic amines) is 2. The molecule has 2 fully saturated rings. The number of amides is 1. The summed E-state index contributed by atoms with van der Waals surface area (Å²) in [5, 5.41) is 2.05. The van der Waals surface area contributed by atoms with Crippen LogP contribution in [-0.4, -0.2) is 52.9 Å². The summed E-state index contributed by atoms with van der Waals surface area (Å²) >= 11 is 0. The van der Waals surface area contributed by atoms with Gasteiger partial charge in [-0.3, -0.25) is 9.78 Å². The first-order chi connectivity index (χ1) is 11.3. The van der Waals surface area contributed by atoms with E-state index in [4.69, 9.17) is 0 Å². The molecule has 2 aliphatic heterocycles. The van der Waals surface area contributed by atoms with Gasteiger partial charge in [-0.1, -0.05) is 24.3 Å². The Balaban J connectivity index is 1.67. The summed E-state index contributed by atoms with van der Waals surface area (Å²) in [5.41, 5.74) is 0.607. The molecule has 0 radical (unpaired) electrons. The number of hydrogen-bond donors (Lipinski definition) is 0. The fraction of sp³-hybridized carbons (Fsp3) is 0.474. The van der Waals surface area contributed by atoms with Gasteiger partial charge in [0.2, 0.25) is 0 Å². The number of pyridine rings is 1. The molecule has 4 rings (SSSR count). The Morgan fingerprint density at radius 1 is 1.09 bits per heavy atom. The summed E-state index contributed by atoms with van der Waals surface area (Å²) < 4.78 is 0. The molecule has 2 aliphatic rings. The fourth-order valence-corrected chi connectivity index (χ4v) is 4.29. The fourth-order valence-electron chi connectivity index (χ4n) is 4.29. The number of likely N-dealkylation sites (N-methyl/N-ethyl adjacent to an activating group) is 1. The minimum atomic E-state index is 0.101. The molecule has 1 aromatic heterocycles. The Morgan fingerprint density at radius 3 is 2.70 bits per heavy atom. The first-order valence-electron chi connectivity index (χ1n) is 8.60. The largest absolute Gasteiger partial charge is 0.333 e. The standard InChI is InChI=1S/C19H23N3O/c1-21-12-4-8-16(21)17-9-5-13-22(17)19(23)18-15-7-3-2-6-14(15)10-11-20-18/h2-3,6-7,10-11,16-17H,4-5,8-9,12-13H2,1H3. The van der Waals surface area contributed by atoms with Gasteiger partial charge in [0.1, 0.15) is 5.69 Å².